The van der Waals surface area contributed by atoms with Gasteiger partial charge < -0.3 is 14.2 Å². The molecule has 0 aliphatic carbocycles. The van der Waals surface area contributed by atoms with Gasteiger partial charge in [0.25, 0.3) is 0 Å². The maximum Gasteiger partial charge on any atom is 0.413 e. The number of nitrogens with zero attached hydrogens (tertiary/aromatic N) is 1. The average molecular weight is 451 g/mol. The predicted molar refractivity (Wildman–Crippen MR) is 107 cm³/mol. The van der Waals surface area contributed by atoms with E-state index in [2.05, 4.69) is 0 Å². The molecule has 1 aromatic rings. The topological polar surface area (TPSA) is 65.1 Å². The second-order valence-corrected chi connectivity index (χ2v) is 9.25. The van der Waals surface area contributed by atoms with Gasteiger partial charge in [0.1, 0.15) is 12.6 Å². The van der Waals surface area contributed by atoms with E-state index in [0.717, 1.165) is 5.57 Å². The highest BCUT2D eigenvalue weighted by Gasteiger charge is 2.56. The van der Waals surface area contributed by atoms with Gasteiger partial charge in [0.2, 0.25) is 3.79 Å². The van der Waals surface area contributed by atoms with Crippen molar-refractivity contribution in [3.8, 4) is 0 Å². The molecule has 9 heteroatoms. The first-order valence-corrected chi connectivity index (χ1v) is 9.61. The summed E-state index contributed by atoms with van der Waals surface area (Å²) in [4.78, 5) is 26.8. The second kappa shape index (κ2) is 8.91. The Morgan fingerprint density at radius 1 is 1.25 bits per heavy atom. The van der Waals surface area contributed by atoms with E-state index in [4.69, 9.17) is 49.0 Å². The fourth-order valence-corrected chi connectivity index (χ4v) is 3.37. The zero-order valence-electron chi connectivity index (χ0n) is 15.9. The van der Waals surface area contributed by atoms with Gasteiger partial charge in [-0.15, -0.1) is 0 Å². The summed E-state index contributed by atoms with van der Waals surface area (Å²) in [5.74, 6) is -0.612. The quantitative estimate of drug-likeness (QED) is 0.375. The van der Waals surface area contributed by atoms with Crippen molar-refractivity contribution in [2.45, 2.75) is 42.4 Å². The number of rotatable bonds is 4. The highest BCUT2D eigenvalue weighted by Crippen LogP contribution is 2.44. The van der Waals surface area contributed by atoms with E-state index in [9.17, 15) is 9.59 Å². The minimum atomic E-state index is -1.77. The summed E-state index contributed by atoms with van der Waals surface area (Å²) >= 11 is 17.1. The van der Waals surface area contributed by atoms with Gasteiger partial charge in [0.15, 0.2) is 11.8 Å². The maximum absolute atomic E-state index is 13.0. The van der Waals surface area contributed by atoms with Crippen LogP contribution in [-0.4, -0.2) is 46.3 Å². The number of carbonyl (C=O) groups excluding carboxylic acids is 2. The van der Waals surface area contributed by atoms with Crippen LogP contribution in [0.4, 0.5) is 4.79 Å². The molecule has 0 spiro atoms. The van der Waals surface area contributed by atoms with E-state index in [1.807, 2.05) is 19.9 Å². The highest BCUT2D eigenvalue weighted by atomic mass is 35.6. The number of hydrogen-bond acceptors (Lipinski definition) is 5. The SMILES string of the molecule is COC(=O)C1OC(C)(C=C(C)C)N(C(=O)OCC(Cl)(Cl)Cl)C1c1ccccc1. The molecule has 0 saturated carbocycles. The zero-order chi connectivity index (χ0) is 21.1. The summed E-state index contributed by atoms with van der Waals surface area (Å²) in [6.07, 6.45) is -0.123. The van der Waals surface area contributed by atoms with Gasteiger partial charge in [0, 0.05) is 0 Å². The minimum absolute atomic E-state index is 0.456. The fourth-order valence-electron chi connectivity index (χ4n) is 3.20. The van der Waals surface area contributed by atoms with Crippen LogP contribution in [0, 0.1) is 0 Å². The van der Waals surface area contributed by atoms with Crippen LogP contribution in [0.5, 0.6) is 0 Å². The summed E-state index contributed by atoms with van der Waals surface area (Å²) in [7, 11) is 1.26. The van der Waals surface area contributed by atoms with Crippen molar-refractivity contribution in [1.29, 1.82) is 0 Å². The number of benzene rings is 1. The standard InChI is InChI=1S/C19H22Cl3NO5/c1-12(2)10-18(3)23(17(25)27-11-19(20,21)22)14(13-8-6-5-7-9-13)15(28-18)16(24)26-4/h5-10,14-15H,11H2,1-4H3. The molecule has 1 aromatic carbocycles. The smallest absolute Gasteiger partial charge is 0.413 e. The van der Waals surface area contributed by atoms with Crippen molar-refractivity contribution in [2.24, 2.45) is 0 Å². The minimum Gasteiger partial charge on any atom is -0.467 e. The van der Waals surface area contributed by atoms with Gasteiger partial charge in [-0.3, -0.25) is 4.90 Å². The summed E-state index contributed by atoms with van der Waals surface area (Å²) < 4.78 is 14.4. The summed E-state index contributed by atoms with van der Waals surface area (Å²) in [6.45, 7) is 4.91. The molecule has 1 heterocycles. The zero-order valence-corrected chi connectivity index (χ0v) is 18.2. The lowest BCUT2D eigenvalue weighted by Gasteiger charge is -2.34. The Morgan fingerprint density at radius 3 is 2.36 bits per heavy atom. The molecule has 6 nitrogen and oxygen atoms in total. The lowest BCUT2D eigenvalue weighted by Crippen LogP contribution is -2.47. The van der Waals surface area contributed by atoms with Gasteiger partial charge in [-0.1, -0.05) is 70.7 Å². The van der Waals surface area contributed by atoms with E-state index in [0.29, 0.717) is 5.56 Å². The Kier molecular flexibility index (Phi) is 7.26. The van der Waals surface area contributed by atoms with Crippen molar-refractivity contribution in [2.75, 3.05) is 13.7 Å². The molecule has 1 aliphatic heterocycles. The summed E-state index contributed by atoms with van der Waals surface area (Å²) in [6, 6.07) is 8.20. The van der Waals surface area contributed by atoms with Crippen molar-refractivity contribution >= 4 is 46.9 Å². The highest BCUT2D eigenvalue weighted by molar-refractivity contribution is 6.67. The maximum atomic E-state index is 13.0. The number of hydrogen-bond donors (Lipinski definition) is 0. The monoisotopic (exact) mass is 449 g/mol. The molecule has 1 fully saturated rings. The molecule has 3 unspecified atom stereocenters. The molecule has 2 rings (SSSR count). The number of halogens is 3. The molecule has 28 heavy (non-hydrogen) atoms. The third kappa shape index (κ3) is 5.32. The van der Waals surface area contributed by atoms with Crippen molar-refractivity contribution in [3.05, 3.63) is 47.5 Å². The third-order valence-corrected chi connectivity index (χ3v) is 4.42. The number of carbonyl (C=O) groups is 2. The lowest BCUT2D eigenvalue weighted by molar-refractivity contribution is -0.156. The Hall–Kier alpha value is -1.47. The van der Waals surface area contributed by atoms with Crippen molar-refractivity contribution in [1.82, 2.24) is 4.90 Å². The average Bonchev–Trinajstić information content (AvgIpc) is 2.91. The number of alkyl halides is 3. The molecule has 3 atom stereocenters. The Balaban J connectivity index is 2.54. The molecule has 1 aliphatic rings. The molecular formula is C19H22Cl3NO5. The van der Waals surface area contributed by atoms with Gasteiger partial charge in [-0.2, -0.15) is 0 Å². The summed E-state index contributed by atoms with van der Waals surface area (Å²) in [5, 5.41) is 0. The van der Waals surface area contributed by atoms with Crippen LogP contribution in [0.2, 0.25) is 0 Å². The lowest BCUT2D eigenvalue weighted by atomic mass is 10.00. The number of allylic oxidation sites excluding steroid dienone is 1. The van der Waals surface area contributed by atoms with E-state index >= 15 is 0 Å². The first kappa shape index (κ1) is 22.8. The number of methoxy groups -OCH3 is 1. The van der Waals surface area contributed by atoms with E-state index in [1.54, 1.807) is 37.3 Å². The number of ether oxygens (including phenoxy) is 3. The molecule has 1 saturated heterocycles. The van der Waals surface area contributed by atoms with Crippen LogP contribution >= 0.6 is 34.8 Å². The molecule has 0 aromatic heterocycles. The van der Waals surface area contributed by atoms with Crippen LogP contribution < -0.4 is 0 Å². The molecule has 0 N–H and O–H groups in total. The second-order valence-electron chi connectivity index (χ2n) is 6.73. The van der Waals surface area contributed by atoms with Crippen molar-refractivity contribution < 1.29 is 23.8 Å². The van der Waals surface area contributed by atoms with Crippen LogP contribution in [0.1, 0.15) is 32.4 Å². The normalized spacial score (nSPS) is 24.6. The van der Waals surface area contributed by atoms with E-state index in [1.165, 1.54) is 12.0 Å². The Morgan fingerprint density at radius 2 is 1.86 bits per heavy atom. The number of esters is 1. The van der Waals surface area contributed by atoms with Gasteiger partial charge in [-0.05, 0) is 32.4 Å². The van der Waals surface area contributed by atoms with E-state index in [-0.39, 0.29) is 0 Å². The van der Waals surface area contributed by atoms with Gasteiger partial charge in [0.05, 0.1) is 7.11 Å². The van der Waals surface area contributed by atoms with Crippen LogP contribution in [-0.2, 0) is 19.0 Å². The van der Waals surface area contributed by atoms with Crippen molar-refractivity contribution in [3.63, 3.8) is 0 Å². The molecule has 154 valence electrons. The molecule has 1 amide bonds. The first-order chi connectivity index (χ1) is 13.0. The Labute approximate surface area is 179 Å². The largest absolute Gasteiger partial charge is 0.467 e. The predicted octanol–water partition coefficient (Wildman–Crippen LogP) is 4.79. The molecular weight excluding hydrogens is 429 g/mol. The van der Waals surface area contributed by atoms with E-state index < -0.39 is 40.3 Å². The van der Waals surface area contributed by atoms with Crippen LogP contribution in [0.15, 0.2) is 42.0 Å². The third-order valence-electron chi connectivity index (χ3n) is 4.10. The molecule has 0 bridgehead atoms. The van der Waals surface area contributed by atoms with Crippen LogP contribution in [0.3, 0.4) is 0 Å². The van der Waals surface area contributed by atoms with Gasteiger partial charge in [-0.25, -0.2) is 9.59 Å². The fraction of sp³-hybridized carbons (Fsp3) is 0.474. The summed E-state index contributed by atoms with van der Waals surface area (Å²) in [5.41, 5.74) is 0.275. The van der Waals surface area contributed by atoms with Crippen LogP contribution in [0.25, 0.3) is 0 Å². The molecule has 0 radical (unpaired) electrons. The van der Waals surface area contributed by atoms with Gasteiger partial charge >= 0.3 is 12.1 Å². The first-order valence-electron chi connectivity index (χ1n) is 8.48. The number of amides is 1. The Bertz CT molecular complexity index is 746.